The Kier molecular flexibility index (Phi) is 4.70. The van der Waals surface area contributed by atoms with E-state index in [9.17, 15) is 4.79 Å². The van der Waals surface area contributed by atoms with E-state index in [0.717, 1.165) is 28.5 Å². The number of rotatable bonds is 5. The molecular weight excluding hydrogens is 314 g/mol. The fourth-order valence-electron chi connectivity index (χ4n) is 2.73. The molecule has 2 aromatic heterocycles. The molecule has 0 aliphatic rings. The van der Waals surface area contributed by atoms with Gasteiger partial charge in [0.15, 0.2) is 0 Å². The minimum Gasteiger partial charge on any atom is -0.326 e. The second-order valence-electron chi connectivity index (χ2n) is 6.50. The highest BCUT2D eigenvalue weighted by atomic mass is 16.1. The summed E-state index contributed by atoms with van der Waals surface area (Å²) in [5.41, 5.74) is 4.46. The number of hydrogen-bond donors (Lipinski definition) is 1. The van der Waals surface area contributed by atoms with E-state index < -0.39 is 0 Å². The summed E-state index contributed by atoms with van der Waals surface area (Å²) in [7, 11) is 0. The lowest BCUT2D eigenvalue weighted by Crippen LogP contribution is -2.15. The number of nitrogens with zero attached hydrogens (tertiary/aromatic N) is 4. The number of aromatic nitrogens is 4. The van der Waals surface area contributed by atoms with Gasteiger partial charge in [-0.15, -0.1) is 0 Å². The highest BCUT2D eigenvalue weighted by molar-refractivity contribution is 5.92. The van der Waals surface area contributed by atoms with Crippen LogP contribution < -0.4 is 5.32 Å². The molecular formula is C19H23N5O. The quantitative estimate of drug-likeness (QED) is 0.775. The number of carbonyl (C=O) groups excluding carboxylic acids is 1. The van der Waals surface area contributed by atoms with Crippen LogP contribution in [0.3, 0.4) is 0 Å². The summed E-state index contributed by atoms with van der Waals surface area (Å²) in [4.78, 5) is 12.3. The third kappa shape index (κ3) is 3.96. The lowest BCUT2D eigenvalue weighted by Gasteiger charge is -2.08. The van der Waals surface area contributed by atoms with E-state index >= 15 is 0 Å². The maximum atomic E-state index is 12.3. The highest BCUT2D eigenvalue weighted by Gasteiger charge is 2.10. The lowest BCUT2D eigenvalue weighted by molar-refractivity contribution is -0.115. The molecule has 0 bridgehead atoms. The van der Waals surface area contributed by atoms with Gasteiger partial charge in [0.1, 0.15) is 0 Å². The first-order valence-corrected chi connectivity index (χ1v) is 8.40. The van der Waals surface area contributed by atoms with Gasteiger partial charge in [0.05, 0.1) is 23.5 Å². The van der Waals surface area contributed by atoms with Crippen molar-refractivity contribution in [2.45, 2.75) is 40.2 Å². The molecule has 3 rings (SSSR count). The Morgan fingerprint density at radius 2 is 1.96 bits per heavy atom. The molecule has 0 atom stereocenters. The van der Waals surface area contributed by atoms with E-state index in [1.54, 1.807) is 0 Å². The van der Waals surface area contributed by atoms with Gasteiger partial charge in [-0.05, 0) is 58.0 Å². The molecule has 0 radical (unpaired) electrons. The molecule has 0 fully saturated rings. The van der Waals surface area contributed by atoms with Gasteiger partial charge in [-0.2, -0.15) is 10.2 Å². The van der Waals surface area contributed by atoms with Gasteiger partial charge in [0, 0.05) is 23.6 Å². The Labute approximate surface area is 147 Å². The van der Waals surface area contributed by atoms with Crippen molar-refractivity contribution in [1.29, 1.82) is 0 Å². The van der Waals surface area contributed by atoms with Crippen molar-refractivity contribution in [3.8, 4) is 5.69 Å². The molecule has 0 aliphatic carbocycles. The molecule has 2 heterocycles. The van der Waals surface area contributed by atoms with E-state index in [4.69, 9.17) is 0 Å². The number of anilines is 1. The van der Waals surface area contributed by atoms with Crippen LogP contribution in [0.2, 0.25) is 0 Å². The summed E-state index contributed by atoms with van der Waals surface area (Å²) >= 11 is 0. The summed E-state index contributed by atoms with van der Waals surface area (Å²) < 4.78 is 3.72. The second kappa shape index (κ2) is 6.93. The predicted octanol–water partition coefficient (Wildman–Crippen LogP) is 3.45. The Morgan fingerprint density at radius 1 is 1.16 bits per heavy atom. The van der Waals surface area contributed by atoms with E-state index in [0.29, 0.717) is 0 Å². The molecule has 6 nitrogen and oxygen atoms in total. The Bertz CT molecular complexity index is 891. The zero-order valence-corrected chi connectivity index (χ0v) is 15.0. The summed E-state index contributed by atoms with van der Waals surface area (Å²) in [6.07, 6.45) is 2.15. The van der Waals surface area contributed by atoms with Crippen LogP contribution in [0, 0.1) is 13.8 Å². The average molecular weight is 337 g/mol. The van der Waals surface area contributed by atoms with Crippen molar-refractivity contribution in [3.05, 3.63) is 59.7 Å². The van der Waals surface area contributed by atoms with Gasteiger partial charge in [-0.3, -0.25) is 9.48 Å². The zero-order valence-electron chi connectivity index (χ0n) is 15.0. The smallest absolute Gasteiger partial charge is 0.230 e. The van der Waals surface area contributed by atoms with Crippen LogP contribution in [0.25, 0.3) is 5.69 Å². The van der Waals surface area contributed by atoms with Crippen LogP contribution in [-0.2, 0) is 11.2 Å². The number of carbonyl (C=O) groups is 1. The van der Waals surface area contributed by atoms with Crippen LogP contribution in [0.1, 0.15) is 37.0 Å². The standard InChI is InChI=1S/C19H23N5O/c1-13(2)23-9-8-17(22-23)12-19(25)20-16-6-5-7-18(11-16)24-15(4)10-14(3)21-24/h5-11,13H,12H2,1-4H3,(H,20,25). The molecule has 0 aliphatic heterocycles. The van der Waals surface area contributed by atoms with Crippen molar-refractivity contribution in [3.63, 3.8) is 0 Å². The van der Waals surface area contributed by atoms with Crippen molar-refractivity contribution in [1.82, 2.24) is 19.6 Å². The largest absolute Gasteiger partial charge is 0.326 e. The molecule has 25 heavy (non-hydrogen) atoms. The van der Waals surface area contributed by atoms with Crippen LogP contribution in [0.15, 0.2) is 42.6 Å². The third-order valence-corrected chi connectivity index (χ3v) is 3.92. The van der Waals surface area contributed by atoms with Crippen LogP contribution in [-0.4, -0.2) is 25.5 Å². The molecule has 1 amide bonds. The normalized spacial score (nSPS) is 11.1. The minimum absolute atomic E-state index is 0.0838. The second-order valence-corrected chi connectivity index (χ2v) is 6.50. The number of benzene rings is 1. The first-order chi connectivity index (χ1) is 11.9. The molecule has 1 aromatic carbocycles. The number of aryl methyl sites for hydroxylation is 2. The van der Waals surface area contributed by atoms with Crippen LogP contribution in [0.4, 0.5) is 5.69 Å². The maximum Gasteiger partial charge on any atom is 0.230 e. The Morgan fingerprint density at radius 3 is 2.60 bits per heavy atom. The maximum absolute atomic E-state index is 12.3. The fourth-order valence-corrected chi connectivity index (χ4v) is 2.73. The number of nitrogens with one attached hydrogen (secondary N) is 1. The van der Waals surface area contributed by atoms with E-state index in [1.807, 2.05) is 65.8 Å². The minimum atomic E-state index is -0.0838. The van der Waals surface area contributed by atoms with Crippen molar-refractivity contribution >= 4 is 11.6 Å². The fraction of sp³-hybridized carbons (Fsp3) is 0.316. The average Bonchev–Trinajstić information content (AvgIpc) is 3.14. The van der Waals surface area contributed by atoms with Crippen molar-refractivity contribution < 1.29 is 4.79 Å². The Hall–Kier alpha value is -2.89. The molecule has 130 valence electrons. The van der Waals surface area contributed by atoms with Gasteiger partial charge < -0.3 is 5.32 Å². The first kappa shape index (κ1) is 17.0. The van der Waals surface area contributed by atoms with Gasteiger partial charge in [-0.25, -0.2) is 4.68 Å². The Balaban J connectivity index is 1.71. The molecule has 6 heteroatoms. The molecule has 0 saturated heterocycles. The van der Waals surface area contributed by atoms with E-state index in [2.05, 4.69) is 29.4 Å². The first-order valence-electron chi connectivity index (χ1n) is 8.40. The van der Waals surface area contributed by atoms with Gasteiger partial charge in [0.25, 0.3) is 0 Å². The molecule has 0 unspecified atom stereocenters. The molecule has 3 aromatic rings. The summed E-state index contributed by atoms with van der Waals surface area (Å²) in [5.74, 6) is -0.0838. The molecule has 0 spiro atoms. The van der Waals surface area contributed by atoms with Crippen molar-refractivity contribution in [2.75, 3.05) is 5.32 Å². The van der Waals surface area contributed by atoms with Gasteiger partial charge >= 0.3 is 0 Å². The number of hydrogen-bond acceptors (Lipinski definition) is 3. The van der Waals surface area contributed by atoms with Crippen LogP contribution >= 0.6 is 0 Å². The molecule has 0 saturated carbocycles. The SMILES string of the molecule is Cc1cc(C)n(-c2cccc(NC(=O)Cc3ccn(C(C)C)n3)c2)n1. The van der Waals surface area contributed by atoms with E-state index in [1.165, 1.54) is 0 Å². The monoisotopic (exact) mass is 337 g/mol. The van der Waals surface area contributed by atoms with Crippen LogP contribution in [0.5, 0.6) is 0 Å². The van der Waals surface area contributed by atoms with Gasteiger partial charge in [0.2, 0.25) is 5.91 Å². The van der Waals surface area contributed by atoms with E-state index in [-0.39, 0.29) is 18.4 Å². The third-order valence-electron chi connectivity index (χ3n) is 3.92. The summed E-state index contributed by atoms with van der Waals surface area (Å²) in [6, 6.07) is 11.9. The highest BCUT2D eigenvalue weighted by Crippen LogP contribution is 2.17. The zero-order chi connectivity index (χ0) is 18.0. The number of amides is 1. The van der Waals surface area contributed by atoms with Gasteiger partial charge in [-0.1, -0.05) is 6.07 Å². The lowest BCUT2D eigenvalue weighted by atomic mass is 10.2. The van der Waals surface area contributed by atoms with Crippen molar-refractivity contribution in [2.24, 2.45) is 0 Å². The molecule has 1 N–H and O–H groups in total. The summed E-state index contributed by atoms with van der Waals surface area (Å²) in [6.45, 7) is 8.09. The summed E-state index contributed by atoms with van der Waals surface area (Å²) in [5, 5.41) is 11.8. The predicted molar refractivity (Wildman–Crippen MR) is 98.0 cm³/mol. The topological polar surface area (TPSA) is 64.7 Å².